The van der Waals surface area contributed by atoms with E-state index in [4.69, 9.17) is 33.9 Å². The SMILES string of the molecule is [2H]c1c([2H])c(OC(=O)c2ccc(OC(=O)c3ccc(OCCCCCCCCCC=C)cc3)cc2)c([2H])c(OC(=O)c2ccc(OC(=O)c3ccc(OCCCCCCCCCC=C)cc3)cc2)c1[2H]. The second-order valence-corrected chi connectivity index (χ2v) is 15.6. The monoisotopic (exact) mass is 898 g/mol. The average Bonchev–Trinajstić information content (AvgIpc) is 3.37. The predicted molar refractivity (Wildman–Crippen MR) is 257 cm³/mol. The Labute approximate surface area is 395 Å². The van der Waals surface area contributed by atoms with Gasteiger partial charge in [-0.2, -0.15) is 0 Å². The van der Waals surface area contributed by atoms with Gasteiger partial charge in [-0.1, -0.05) is 82.4 Å². The Balaban J connectivity index is 1.07. The first-order valence-corrected chi connectivity index (χ1v) is 22.9. The summed E-state index contributed by atoms with van der Waals surface area (Å²) in [6.07, 6.45) is 22.3. The van der Waals surface area contributed by atoms with Gasteiger partial charge in [-0.25, -0.2) is 19.2 Å². The lowest BCUT2D eigenvalue weighted by molar-refractivity contribution is 0.0723. The number of unbranched alkanes of at least 4 members (excludes halogenated alkanes) is 14. The van der Waals surface area contributed by atoms with E-state index in [1.54, 1.807) is 48.5 Å². The second kappa shape index (κ2) is 28.8. The van der Waals surface area contributed by atoms with Gasteiger partial charge >= 0.3 is 23.9 Å². The Bertz CT molecular complexity index is 2320. The zero-order valence-corrected chi connectivity index (χ0v) is 37.6. The molecule has 0 heterocycles. The van der Waals surface area contributed by atoms with Gasteiger partial charge in [0.1, 0.15) is 34.5 Å². The van der Waals surface area contributed by atoms with Gasteiger partial charge in [0.15, 0.2) is 0 Å². The van der Waals surface area contributed by atoms with Crippen molar-refractivity contribution in [3.8, 4) is 34.5 Å². The topological polar surface area (TPSA) is 124 Å². The standard InChI is InChI=1S/C56H62O10/c1-3-5-7-9-11-13-15-17-19-40-61-47-32-24-43(25-33-47)53(57)63-49-36-28-45(29-37-49)55(59)65-51-22-21-23-52(42-51)66-56(60)46-30-38-50(39-31-46)64-54(58)44-26-34-48(35-27-44)62-41-20-18-16-14-12-10-8-6-4-2/h3-4,21-39,42H,1-2,5-20,40-41H2/i21D,22D,23D,42D. The molecule has 66 heavy (non-hydrogen) atoms. The number of allylic oxidation sites excluding steroid dienone is 2. The summed E-state index contributed by atoms with van der Waals surface area (Å²) in [5.74, 6) is -3.19. The molecular weight excluding hydrogens is 833 g/mol. The summed E-state index contributed by atoms with van der Waals surface area (Å²) in [6, 6.07) is 20.9. The molecule has 0 saturated carbocycles. The molecule has 10 heteroatoms. The first-order valence-electron chi connectivity index (χ1n) is 24.9. The minimum absolute atomic E-state index is 0.0480. The van der Waals surface area contributed by atoms with Crippen LogP contribution in [0.4, 0.5) is 0 Å². The van der Waals surface area contributed by atoms with Crippen molar-refractivity contribution in [2.75, 3.05) is 13.2 Å². The third-order valence-corrected chi connectivity index (χ3v) is 10.4. The Morgan fingerprint density at radius 2 is 0.652 bits per heavy atom. The molecule has 0 aliphatic carbocycles. The van der Waals surface area contributed by atoms with Crippen molar-refractivity contribution in [3.05, 3.63) is 169 Å². The summed E-state index contributed by atoms with van der Waals surface area (Å²) >= 11 is 0. The molecule has 5 rings (SSSR count). The molecule has 0 fully saturated rings. The number of carbonyl (C=O) groups is 4. The highest BCUT2D eigenvalue weighted by atomic mass is 16.6. The summed E-state index contributed by atoms with van der Waals surface area (Å²) in [5, 5.41) is 0. The molecule has 0 spiro atoms. The molecule has 0 bridgehead atoms. The number of ether oxygens (including phenoxy) is 6. The van der Waals surface area contributed by atoms with E-state index in [2.05, 4.69) is 13.2 Å². The maximum absolute atomic E-state index is 13.2. The second-order valence-electron chi connectivity index (χ2n) is 15.6. The molecule has 0 aliphatic rings. The van der Waals surface area contributed by atoms with Crippen LogP contribution in [0.5, 0.6) is 34.5 Å². The largest absolute Gasteiger partial charge is 0.494 e. The van der Waals surface area contributed by atoms with E-state index < -0.39 is 59.5 Å². The van der Waals surface area contributed by atoms with Crippen LogP contribution in [0.25, 0.3) is 0 Å². The van der Waals surface area contributed by atoms with Crippen LogP contribution in [0.2, 0.25) is 0 Å². The van der Waals surface area contributed by atoms with E-state index in [0.29, 0.717) is 24.7 Å². The number of carbonyl (C=O) groups excluding carboxylic acids is 4. The summed E-state index contributed by atoms with van der Waals surface area (Å²) < 4.78 is 66.8. The summed E-state index contributed by atoms with van der Waals surface area (Å²) in [7, 11) is 0. The third-order valence-electron chi connectivity index (χ3n) is 10.4. The van der Waals surface area contributed by atoms with Gasteiger partial charge in [0.2, 0.25) is 0 Å². The van der Waals surface area contributed by atoms with Gasteiger partial charge in [0.05, 0.1) is 41.0 Å². The van der Waals surface area contributed by atoms with Crippen molar-refractivity contribution < 1.29 is 53.1 Å². The Morgan fingerprint density at radius 3 is 0.970 bits per heavy atom. The first kappa shape index (κ1) is 44.3. The molecule has 5 aromatic rings. The van der Waals surface area contributed by atoms with E-state index in [9.17, 15) is 19.2 Å². The summed E-state index contributed by atoms with van der Waals surface area (Å²) in [4.78, 5) is 52.1. The van der Waals surface area contributed by atoms with Crippen molar-refractivity contribution in [1.29, 1.82) is 0 Å². The molecule has 0 aromatic heterocycles. The molecule has 0 amide bonds. The molecule has 5 aromatic carbocycles. The van der Waals surface area contributed by atoms with Crippen LogP contribution in [0.15, 0.2) is 147 Å². The number of benzene rings is 5. The molecule has 0 atom stereocenters. The van der Waals surface area contributed by atoms with E-state index in [0.717, 1.165) is 38.5 Å². The minimum Gasteiger partial charge on any atom is -0.494 e. The van der Waals surface area contributed by atoms with Gasteiger partial charge in [0, 0.05) is 6.04 Å². The highest BCUT2D eigenvalue weighted by Gasteiger charge is 2.15. The molecule has 346 valence electrons. The van der Waals surface area contributed by atoms with Crippen molar-refractivity contribution in [1.82, 2.24) is 0 Å². The minimum atomic E-state index is -1.03. The van der Waals surface area contributed by atoms with Gasteiger partial charge < -0.3 is 28.4 Å². The van der Waals surface area contributed by atoms with Crippen LogP contribution in [0.1, 0.15) is 150 Å². The Kier molecular flexibility index (Phi) is 19.3. The smallest absolute Gasteiger partial charge is 0.343 e. The van der Waals surface area contributed by atoms with Gasteiger partial charge in [0.25, 0.3) is 0 Å². The normalized spacial score (nSPS) is 11.5. The lowest BCUT2D eigenvalue weighted by Crippen LogP contribution is -2.11. The maximum Gasteiger partial charge on any atom is 0.343 e. The molecule has 0 N–H and O–H groups in total. The van der Waals surface area contributed by atoms with Crippen LogP contribution < -0.4 is 28.4 Å². The summed E-state index contributed by atoms with van der Waals surface area (Å²) in [5.41, 5.74) is 0.484. The van der Waals surface area contributed by atoms with E-state index in [1.807, 2.05) is 12.2 Å². The van der Waals surface area contributed by atoms with Crippen molar-refractivity contribution in [3.63, 3.8) is 0 Å². The van der Waals surface area contributed by atoms with Crippen LogP contribution in [0.3, 0.4) is 0 Å². The van der Waals surface area contributed by atoms with Crippen molar-refractivity contribution >= 4 is 23.9 Å². The Hall–Kier alpha value is -6.94. The average molecular weight is 899 g/mol. The van der Waals surface area contributed by atoms with Crippen LogP contribution in [0, 0.1) is 0 Å². The molecule has 0 radical (unpaired) electrons. The first-order chi connectivity index (χ1) is 34.0. The lowest BCUT2D eigenvalue weighted by atomic mass is 10.1. The number of hydrogen-bond acceptors (Lipinski definition) is 10. The van der Waals surface area contributed by atoms with Crippen molar-refractivity contribution in [2.45, 2.75) is 103 Å². The maximum atomic E-state index is 13.2. The van der Waals surface area contributed by atoms with Gasteiger partial charge in [-0.3, -0.25) is 0 Å². The van der Waals surface area contributed by atoms with Crippen molar-refractivity contribution in [2.24, 2.45) is 0 Å². The molecule has 0 unspecified atom stereocenters. The third kappa shape index (κ3) is 18.3. The molecule has 0 aliphatic heterocycles. The Morgan fingerprint density at radius 1 is 0.379 bits per heavy atom. The van der Waals surface area contributed by atoms with E-state index >= 15 is 0 Å². The highest BCUT2D eigenvalue weighted by Crippen LogP contribution is 2.24. The zero-order valence-electron chi connectivity index (χ0n) is 41.6. The molecular formula is C56H62O10. The van der Waals surface area contributed by atoms with Gasteiger partial charge in [-0.05, 0) is 148 Å². The molecule has 0 saturated heterocycles. The highest BCUT2D eigenvalue weighted by molar-refractivity contribution is 5.94. The lowest BCUT2D eigenvalue weighted by Gasteiger charge is -2.09. The van der Waals surface area contributed by atoms with E-state index in [-0.39, 0.29) is 33.8 Å². The number of rotatable bonds is 30. The van der Waals surface area contributed by atoms with Crippen LogP contribution in [-0.4, -0.2) is 37.1 Å². The fourth-order valence-electron chi connectivity index (χ4n) is 6.67. The quantitative estimate of drug-likeness (QED) is 0.0190. The summed E-state index contributed by atoms with van der Waals surface area (Å²) in [6.45, 7) is 8.68. The van der Waals surface area contributed by atoms with Crippen LogP contribution >= 0.6 is 0 Å². The zero-order chi connectivity index (χ0) is 50.1. The van der Waals surface area contributed by atoms with Gasteiger partial charge in [-0.15, -0.1) is 13.2 Å². The number of esters is 4. The predicted octanol–water partition coefficient (Wildman–Crippen LogP) is 13.9. The molecule has 10 nitrogen and oxygen atoms in total. The number of hydrogen-bond donors (Lipinski definition) is 0. The fourth-order valence-corrected chi connectivity index (χ4v) is 6.67. The van der Waals surface area contributed by atoms with Crippen LogP contribution in [-0.2, 0) is 0 Å². The fraction of sp³-hybridized carbons (Fsp3) is 0.321. The van der Waals surface area contributed by atoms with E-state index in [1.165, 1.54) is 113 Å².